The Labute approximate surface area is 168 Å². The zero-order valence-electron chi connectivity index (χ0n) is 16.1. The van der Waals surface area contributed by atoms with Gasteiger partial charge in [0.1, 0.15) is 6.54 Å². The molecule has 2 aromatic rings. The van der Waals surface area contributed by atoms with E-state index < -0.39 is 5.41 Å². The van der Waals surface area contributed by atoms with Crippen molar-refractivity contribution in [2.24, 2.45) is 5.41 Å². The number of para-hydroxylation sites is 1. The highest BCUT2D eigenvalue weighted by Gasteiger charge is 2.26. The molecule has 3 amide bonds. The minimum Gasteiger partial charge on any atom is -0.326 e. The minimum atomic E-state index is -0.515. The first-order valence-corrected chi connectivity index (χ1v) is 9.96. The maximum absolute atomic E-state index is 12.5. The predicted octanol–water partition coefficient (Wildman–Crippen LogP) is 3.75. The molecule has 2 aromatic carbocycles. The molecule has 146 valence electrons. The Balaban J connectivity index is 1.68. The second-order valence-corrected chi connectivity index (χ2v) is 8.59. The minimum absolute atomic E-state index is 0.0605. The summed E-state index contributed by atoms with van der Waals surface area (Å²) in [6.07, 6.45) is 0. The van der Waals surface area contributed by atoms with Crippen LogP contribution in [0.4, 0.5) is 17.1 Å². The number of anilines is 3. The lowest BCUT2D eigenvalue weighted by atomic mass is 9.95. The molecule has 1 aliphatic heterocycles. The first-order chi connectivity index (χ1) is 13.2. The lowest BCUT2D eigenvalue weighted by Gasteiger charge is -2.28. The van der Waals surface area contributed by atoms with Gasteiger partial charge >= 0.3 is 0 Å². The summed E-state index contributed by atoms with van der Waals surface area (Å²) in [4.78, 5) is 39.5. The van der Waals surface area contributed by atoms with Crippen LogP contribution >= 0.6 is 11.8 Å². The summed E-state index contributed by atoms with van der Waals surface area (Å²) in [7, 11) is 0. The Hall–Kier alpha value is -2.80. The normalized spacial score (nSPS) is 13.7. The number of benzene rings is 2. The van der Waals surface area contributed by atoms with E-state index in [2.05, 4.69) is 10.6 Å². The molecule has 0 saturated carbocycles. The molecule has 1 aliphatic rings. The van der Waals surface area contributed by atoms with Gasteiger partial charge in [-0.25, -0.2) is 0 Å². The van der Waals surface area contributed by atoms with Crippen molar-refractivity contribution in [2.75, 3.05) is 27.8 Å². The van der Waals surface area contributed by atoms with Crippen LogP contribution in [-0.2, 0) is 14.4 Å². The summed E-state index contributed by atoms with van der Waals surface area (Å²) >= 11 is 1.48. The molecule has 1 heterocycles. The van der Waals surface area contributed by atoms with E-state index in [4.69, 9.17) is 0 Å². The summed E-state index contributed by atoms with van der Waals surface area (Å²) in [5.74, 6) is -0.179. The molecule has 0 spiro atoms. The molecule has 0 aliphatic carbocycles. The van der Waals surface area contributed by atoms with Crippen LogP contribution in [0.15, 0.2) is 53.4 Å². The summed E-state index contributed by atoms with van der Waals surface area (Å²) < 4.78 is 0. The van der Waals surface area contributed by atoms with Crippen molar-refractivity contribution < 1.29 is 14.4 Å². The maximum atomic E-state index is 12.5. The van der Waals surface area contributed by atoms with Gasteiger partial charge in [-0.3, -0.25) is 14.4 Å². The second kappa shape index (κ2) is 8.06. The summed E-state index contributed by atoms with van der Waals surface area (Å²) in [5, 5.41) is 5.64. The first kappa shape index (κ1) is 19.9. The average molecular weight is 398 g/mol. The molecule has 0 saturated heterocycles. The number of nitrogens with one attached hydrogen (secondary N) is 2. The number of carbonyl (C=O) groups is 3. The number of hydrogen-bond donors (Lipinski definition) is 2. The molecule has 0 bridgehead atoms. The largest absolute Gasteiger partial charge is 0.326 e. The highest BCUT2D eigenvalue weighted by Crippen LogP contribution is 2.34. The quantitative estimate of drug-likeness (QED) is 0.824. The van der Waals surface area contributed by atoms with Crippen molar-refractivity contribution in [3.63, 3.8) is 0 Å². The molecule has 3 rings (SSSR count). The van der Waals surface area contributed by atoms with Crippen LogP contribution in [0.5, 0.6) is 0 Å². The van der Waals surface area contributed by atoms with E-state index in [9.17, 15) is 14.4 Å². The average Bonchev–Trinajstić information content (AvgIpc) is 2.63. The zero-order valence-corrected chi connectivity index (χ0v) is 16.9. The van der Waals surface area contributed by atoms with Crippen LogP contribution in [0.1, 0.15) is 20.8 Å². The summed E-state index contributed by atoms with van der Waals surface area (Å²) in [6.45, 7) is 5.44. The Morgan fingerprint density at radius 1 is 1.04 bits per heavy atom. The maximum Gasteiger partial charge on any atom is 0.244 e. The molecule has 0 radical (unpaired) electrons. The second-order valence-electron chi connectivity index (χ2n) is 7.57. The van der Waals surface area contributed by atoms with Crippen LogP contribution in [0.25, 0.3) is 0 Å². The number of carbonyl (C=O) groups excluding carboxylic acids is 3. The smallest absolute Gasteiger partial charge is 0.244 e. The summed E-state index contributed by atoms with van der Waals surface area (Å²) in [5.41, 5.74) is 1.40. The molecule has 0 atom stereocenters. The van der Waals surface area contributed by atoms with E-state index in [0.29, 0.717) is 17.1 Å². The van der Waals surface area contributed by atoms with Crippen LogP contribution in [0.3, 0.4) is 0 Å². The number of fused-ring (bicyclic) bond motifs is 1. The van der Waals surface area contributed by atoms with E-state index in [1.165, 1.54) is 16.7 Å². The van der Waals surface area contributed by atoms with E-state index in [1.54, 1.807) is 24.3 Å². The monoisotopic (exact) mass is 397 g/mol. The fourth-order valence-corrected chi connectivity index (χ4v) is 3.60. The Morgan fingerprint density at radius 3 is 2.43 bits per heavy atom. The van der Waals surface area contributed by atoms with Gasteiger partial charge in [0.15, 0.2) is 0 Å². The van der Waals surface area contributed by atoms with Gasteiger partial charge in [0.2, 0.25) is 17.7 Å². The van der Waals surface area contributed by atoms with Gasteiger partial charge in [0.05, 0.1) is 11.4 Å². The topological polar surface area (TPSA) is 78.5 Å². The number of amides is 3. The van der Waals surface area contributed by atoms with E-state index >= 15 is 0 Å². The molecule has 7 heteroatoms. The number of nitrogens with zero attached hydrogens (tertiary/aromatic N) is 1. The molecular formula is C21H23N3O3S. The molecule has 0 aromatic heterocycles. The number of hydrogen-bond acceptors (Lipinski definition) is 4. The van der Waals surface area contributed by atoms with Crippen LogP contribution in [-0.4, -0.2) is 30.0 Å². The fraction of sp³-hybridized carbons (Fsp3) is 0.286. The lowest BCUT2D eigenvalue weighted by Crippen LogP contribution is -2.41. The third-order valence-electron chi connectivity index (χ3n) is 4.20. The van der Waals surface area contributed by atoms with Crippen LogP contribution < -0.4 is 15.5 Å². The van der Waals surface area contributed by atoms with Crippen molar-refractivity contribution >= 4 is 46.5 Å². The molecule has 6 nitrogen and oxygen atoms in total. The third kappa shape index (κ3) is 4.72. The van der Waals surface area contributed by atoms with Crippen LogP contribution in [0, 0.1) is 5.41 Å². The molecular weight excluding hydrogens is 374 g/mol. The van der Waals surface area contributed by atoms with E-state index in [0.717, 1.165) is 10.6 Å². The predicted molar refractivity (Wildman–Crippen MR) is 113 cm³/mol. The van der Waals surface area contributed by atoms with Crippen molar-refractivity contribution in [3.8, 4) is 0 Å². The van der Waals surface area contributed by atoms with E-state index in [-0.39, 0.29) is 24.3 Å². The number of rotatable bonds is 4. The van der Waals surface area contributed by atoms with Gasteiger partial charge in [-0.2, -0.15) is 0 Å². The highest BCUT2D eigenvalue weighted by molar-refractivity contribution is 8.00. The van der Waals surface area contributed by atoms with Gasteiger partial charge in [-0.1, -0.05) is 39.0 Å². The van der Waals surface area contributed by atoms with Crippen molar-refractivity contribution in [1.82, 2.24) is 0 Å². The first-order valence-electron chi connectivity index (χ1n) is 8.97. The van der Waals surface area contributed by atoms with Gasteiger partial charge < -0.3 is 15.5 Å². The van der Waals surface area contributed by atoms with Gasteiger partial charge in [0.25, 0.3) is 0 Å². The summed E-state index contributed by atoms with van der Waals surface area (Å²) in [6, 6.07) is 14.5. The molecule has 28 heavy (non-hydrogen) atoms. The molecule has 0 unspecified atom stereocenters. The lowest BCUT2D eigenvalue weighted by molar-refractivity contribution is -0.123. The van der Waals surface area contributed by atoms with E-state index in [1.807, 2.05) is 45.0 Å². The van der Waals surface area contributed by atoms with Gasteiger partial charge in [-0.15, -0.1) is 11.8 Å². The Bertz CT molecular complexity index is 921. The highest BCUT2D eigenvalue weighted by atomic mass is 32.2. The van der Waals surface area contributed by atoms with Crippen LogP contribution in [0.2, 0.25) is 0 Å². The van der Waals surface area contributed by atoms with Gasteiger partial charge in [-0.05, 0) is 30.3 Å². The Kier molecular flexibility index (Phi) is 5.74. The third-order valence-corrected chi connectivity index (χ3v) is 5.24. The molecule has 0 fully saturated rings. The fourth-order valence-electron chi connectivity index (χ4n) is 2.66. The zero-order chi connectivity index (χ0) is 20.3. The van der Waals surface area contributed by atoms with Crippen molar-refractivity contribution in [3.05, 3.63) is 48.5 Å². The standard InChI is InChI=1S/C21H23N3O3S/c1-21(2,3)20(27)23-15-8-6-7-14(11-15)22-18(25)12-24-16-9-4-5-10-17(16)28-13-19(24)26/h4-11H,12-13H2,1-3H3,(H,22,25)(H,23,27). The SMILES string of the molecule is CC(C)(C)C(=O)Nc1cccc(NC(=O)CN2C(=O)CSc3ccccc32)c1. The molecule has 2 N–H and O–H groups in total. The number of thioether (sulfide) groups is 1. The Morgan fingerprint density at radius 2 is 1.71 bits per heavy atom. The van der Waals surface area contributed by atoms with Crippen molar-refractivity contribution in [2.45, 2.75) is 25.7 Å². The van der Waals surface area contributed by atoms with Gasteiger partial charge in [0, 0.05) is 21.7 Å². The van der Waals surface area contributed by atoms with Crippen molar-refractivity contribution in [1.29, 1.82) is 0 Å².